The maximum atomic E-state index is 14.1. The van der Waals surface area contributed by atoms with E-state index in [4.69, 9.17) is 27.9 Å². The number of imidazole rings is 1. The molecule has 0 bridgehead atoms. The molecule has 142 valence electrons. The molecule has 1 fully saturated rings. The molecule has 3 aromatic rings. The van der Waals surface area contributed by atoms with Crippen molar-refractivity contribution in [3.8, 4) is 0 Å². The largest absolute Gasteiger partial charge is 0.364 e. The van der Waals surface area contributed by atoms with Gasteiger partial charge in [-0.1, -0.05) is 41.8 Å². The first-order valence-electron chi connectivity index (χ1n) is 8.82. The van der Waals surface area contributed by atoms with Crippen LogP contribution < -0.4 is 5.32 Å². The number of anilines is 1. The van der Waals surface area contributed by atoms with Gasteiger partial charge in [-0.05, 0) is 30.9 Å². The number of nitrogens with one attached hydrogen (secondary N) is 1. The molecule has 9 heteroatoms. The fourth-order valence-electron chi connectivity index (χ4n) is 3.21. The van der Waals surface area contributed by atoms with Crippen molar-refractivity contribution in [3.05, 3.63) is 46.2 Å². The number of ether oxygens (including phenoxy) is 1. The van der Waals surface area contributed by atoms with Crippen LogP contribution in [0.1, 0.15) is 37.5 Å². The SMILES string of the molecule is Fc1nc(NCc2cccc(Cl)c2Cl)c2ncn(C3CCCCCO3)c2n1. The summed E-state index contributed by atoms with van der Waals surface area (Å²) in [4.78, 5) is 12.2. The minimum absolute atomic E-state index is 0.193. The summed E-state index contributed by atoms with van der Waals surface area (Å²) in [5.74, 6) is 0.306. The Morgan fingerprint density at radius 2 is 2.11 bits per heavy atom. The Bertz CT molecular complexity index is 956. The minimum atomic E-state index is -0.822. The Labute approximate surface area is 165 Å². The van der Waals surface area contributed by atoms with Crippen LogP contribution in [0, 0.1) is 6.08 Å². The topological polar surface area (TPSA) is 64.9 Å². The Hall–Kier alpha value is -1.96. The lowest BCUT2D eigenvalue weighted by Gasteiger charge is -2.17. The van der Waals surface area contributed by atoms with Crippen LogP contribution in [0.25, 0.3) is 11.2 Å². The zero-order valence-corrected chi connectivity index (χ0v) is 16.0. The highest BCUT2D eigenvalue weighted by atomic mass is 35.5. The summed E-state index contributed by atoms with van der Waals surface area (Å²) in [6.07, 6.45) is 4.67. The minimum Gasteiger partial charge on any atom is -0.364 e. The third-order valence-electron chi connectivity index (χ3n) is 4.59. The molecule has 0 aliphatic carbocycles. The summed E-state index contributed by atoms with van der Waals surface area (Å²) in [6.45, 7) is 1.01. The van der Waals surface area contributed by atoms with Gasteiger partial charge in [0.25, 0.3) is 0 Å². The van der Waals surface area contributed by atoms with E-state index in [9.17, 15) is 4.39 Å². The molecule has 1 saturated heterocycles. The molecule has 1 aromatic carbocycles. The Morgan fingerprint density at radius 1 is 1.22 bits per heavy atom. The number of nitrogens with zero attached hydrogens (tertiary/aromatic N) is 4. The number of halogens is 3. The van der Waals surface area contributed by atoms with Gasteiger partial charge in [0.2, 0.25) is 0 Å². The number of fused-ring (bicyclic) bond motifs is 1. The number of hydrogen-bond acceptors (Lipinski definition) is 5. The van der Waals surface area contributed by atoms with E-state index in [1.165, 1.54) is 0 Å². The van der Waals surface area contributed by atoms with Crippen molar-refractivity contribution in [1.29, 1.82) is 0 Å². The van der Waals surface area contributed by atoms with Crippen LogP contribution in [0.4, 0.5) is 10.2 Å². The zero-order chi connectivity index (χ0) is 18.8. The number of hydrogen-bond donors (Lipinski definition) is 1. The van der Waals surface area contributed by atoms with Gasteiger partial charge in [-0.15, -0.1) is 0 Å². The molecule has 6 nitrogen and oxygen atoms in total. The quantitative estimate of drug-likeness (QED) is 0.615. The van der Waals surface area contributed by atoms with Gasteiger partial charge in [0.05, 0.1) is 16.4 Å². The molecule has 1 aliphatic rings. The number of benzene rings is 1. The summed E-state index contributed by atoms with van der Waals surface area (Å²) in [5.41, 5.74) is 1.68. The summed E-state index contributed by atoms with van der Waals surface area (Å²) < 4.78 is 21.7. The standard InChI is InChI=1S/C18H18Cl2FN5O/c19-12-6-4-5-11(14(12)20)9-22-16-15-17(25-18(21)24-16)26(10-23-15)13-7-2-1-3-8-27-13/h4-6,10,13H,1-3,7-9H2,(H,22,24,25). The summed E-state index contributed by atoms with van der Waals surface area (Å²) in [7, 11) is 0. The Balaban J connectivity index is 1.64. The molecule has 1 unspecified atom stereocenters. The zero-order valence-electron chi connectivity index (χ0n) is 14.5. The molecular weight excluding hydrogens is 392 g/mol. The van der Waals surface area contributed by atoms with Crippen LogP contribution in [0.15, 0.2) is 24.5 Å². The van der Waals surface area contributed by atoms with Crippen molar-refractivity contribution < 1.29 is 9.13 Å². The first-order valence-corrected chi connectivity index (χ1v) is 9.57. The maximum Gasteiger partial charge on any atom is 0.312 e. The molecule has 0 spiro atoms. The lowest BCUT2D eigenvalue weighted by molar-refractivity contribution is 0.00928. The molecule has 3 heterocycles. The van der Waals surface area contributed by atoms with E-state index in [-0.39, 0.29) is 6.23 Å². The van der Waals surface area contributed by atoms with Crippen LogP contribution in [0.3, 0.4) is 0 Å². The van der Waals surface area contributed by atoms with Crippen molar-refractivity contribution in [3.63, 3.8) is 0 Å². The number of aromatic nitrogens is 4. The van der Waals surface area contributed by atoms with Crippen molar-refractivity contribution in [2.45, 2.75) is 38.5 Å². The fraction of sp³-hybridized carbons (Fsp3) is 0.389. The average molecular weight is 410 g/mol. The van der Waals surface area contributed by atoms with Crippen LogP contribution >= 0.6 is 23.2 Å². The lowest BCUT2D eigenvalue weighted by Crippen LogP contribution is -2.12. The Kier molecular flexibility index (Phi) is 5.43. The molecular formula is C18H18Cl2FN5O. The second-order valence-electron chi connectivity index (χ2n) is 6.41. The van der Waals surface area contributed by atoms with E-state index >= 15 is 0 Å². The van der Waals surface area contributed by atoms with Gasteiger partial charge in [0.15, 0.2) is 17.0 Å². The summed E-state index contributed by atoms with van der Waals surface area (Å²) >= 11 is 12.3. The smallest absolute Gasteiger partial charge is 0.312 e. The van der Waals surface area contributed by atoms with Crippen molar-refractivity contribution in [2.75, 3.05) is 11.9 Å². The molecule has 1 N–H and O–H groups in total. The second kappa shape index (κ2) is 7.96. The maximum absolute atomic E-state index is 14.1. The van der Waals surface area contributed by atoms with Crippen molar-refractivity contribution in [1.82, 2.24) is 19.5 Å². The predicted molar refractivity (Wildman–Crippen MR) is 103 cm³/mol. The van der Waals surface area contributed by atoms with E-state index in [0.29, 0.717) is 40.2 Å². The molecule has 0 amide bonds. The highest BCUT2D eigenvalue weighted by Gasteiger charge is 2.20. The van der Waals surface area contributed by atoms with Gasteiger partial charge in [0, 0.05) is 13.2 Å². The summed E-state index contributed by atoms with van der Waals surface area (Å²) in [5, 5.41) is 4.01. The van der Waals surface area contributed by atoms with E-state index in [2.05, 4.69) is 20.3 Å². The monoisotopic (exact) mass is 409 g/mol. The van der Waals surface area contributed by atoms with Gasteiger partial charge < -0.3 is 10.1 Å². The predicted octanol–water partition coefficient (Wildman–Crippen LogP) is 4.97. The van der Waals surface area contributed by atoms with Crippen LogP contribution in [0.5, 0.6) is 0 Å². The number of rotatable bonds is 4. The summed E-state index contributed by atoms with van der Waals surface area (Å²) in [6, 6.07) is 5.36. The van der Waals surface area contributed by atoms with Crippen molar-refractivity contribution in [2.24, 2.45) is 0 Å². The molecule has 27 heavy (non-hydrogen) atoms. The van der Waals surface area contributed by atoms with Gasteiger partial charge >= 0.3 is 6.08 Å². The van der Waals surface area contributed by atoms with Crippen LogP contribution in [0.2, 0.25) is 10.0 Å². The van der Waals surface area contributed by atoms with E-state index < -0.39 is 6.08 Å². The molecule has 2 aromatic heterocycles. The van der Waals surface area contributed by atoms with E-state index in [1.54, 1.807) is 23.0 Å². The third-order valence-corrected chi connectivity index (χ3v) is 5.45. The Morgan fingerprint density at radius 3 is 3.00 bits per heavy atom. The lowest BCUT2D eigenvalue weighted by atomic mass is 10.2. The highest BCUT2D eigenvalue weighted by molar-refractivity contribution is 6.42. The molecule has 1 aliphatic heterocycles. The van der Waals surface area contributed by atoms with Gasteiger partial charge in [-0.3, -0.25) is 4.57 Å². The van der Waals surface area contributed by atoms with E-state index in [1.807, 2.05) is 6.07 Å². The van der Waals surface area contributed by atoms with Gasteiger partial charge in [-0.2, -0.15) is 14.4 Å². The third kappa shape index (κ3) is 3.85. The van der Waals surface area contributed by atoms with Gasteiger partial charge in [-0.25, -0.2) is 4.98 Å². The molecule has 1 atom stereocenters. The average Bonchev–Trinajstić information content (AvgIpc) is 2.89. The molecule has 0 saturated carbocycles. The fourth-order valence-corrected chi connectivity index (χ4v) is 3.59. The normalized spacial score (nSPS) is 17.8. The molecule has 4 rings (SSSR count). The first kappa shape index (κ1) is 18.4. The first-order chi connectivity index (χ1) is 13.1. The van der Waals surface area contributed by atoms with Gasteiger partial charge in [0.1, 0.15) is 6.23 Å². The van der Waals surface area contributed by atoms with Crippen LogP contribution in [-0.4, -0.2) is 26.1 Å². The van der Waals surface area contributed by atoms with Crippen LogP contribution in [-0.2, 0) is 11.3 Å². The van der Waals surface area contributed by atoms with E-state index in [0.717, 1.165) is 31.2 Å². The van der Waals surface area contributed by atoms with Crippen molar-refractivity contribution >= 4 is 40.2 Å². The molecule has 0 radical (unpaired) electrons. The second-order valence-corrected chi connectivity index (χ2v) is 7.19. The highest BCUT2D eigenvalue weighted by Crippen LogP contribution is 2.29.